The third-order valence-corrected chi connectivity index (χ3v) is 3.02. The van der Waals surface area contributed by atoms with E-state index in [0.29, 0.717) is 5.56 Å². The summed E-state index contributed by atoms with van der Waals surface area (Å²) in [6, 6.07) is 5.58. The van der Waals surface area contributed by atoms with Crippen molar-refractivity contribution in [1.82, 2.24) is 4.57 Å². The van der Waals surface area contributed by atoms with Crippen molar-refractivity contribution in [1.29, 1.82) is 0 Å². The number of methoxy groups -OCH3 is 1. The van der Waals surface area contributed by atoms with E-state index in [1.165, 1.54) is 7.11 Å². The lowest BCUT2D eigenvalue weighted by Crippen LogP contribution is -2.10. The molecule has 1 heterocycles. The molecule has 0 radical (unpaired) electrons. The molecule has 1 aromatic heterocycles. The van der Waals surface area contributed by atoms with E-state index in [2.05, 4.69) is 20.7 Å². The fourth-order valence-corrected chi connectivity index (χ4v) is 2.09. The third kappa shape index (κ3) is 2.24. The Hall–Kier alpha value is -1.62. The van der Waals surface area contributed by atoms with Gasteiger partial charge in [-0.25, -0.2) is 0 Å². The molecule has 0 N–H and O–H groups in total. The van der Waals surface area contributed by atoms with Crippen LogP contribution in [0.1, 0.15) is 10.4 Å². The highest BCUT2D eigenvalue weighted by Crippen LogP contribution is 2.24. The molecule has 5 heteroatoms. The average molecular weight is 296 g/mol. The standard InChI is InChI=1S/C12H10BrNO3/c1-17-12(16)6-14-5-8(7-15)10-4-9(13)2-3-11(10)14/h2-5,7H,6H2,1H3. The van der Waals surface area contributed by atoms with Gasteiger partial charge in [0.1, 0.15) is 6.54 Å². The Balaban J connectivity index is 2.57. The van der Waals surface area contributed by atoms with Crippen LogP contribution in [-0.4, -0.2) is 23.9 Å². The third-order valence-electron chi connectivity index (χ3n) is 2.53. The summed E-state index contributed by atoms with van der Waals surface area (Å²) < 4.78 is 7.21. The van der Waals surface area contributed by atoms with Crippen LogP contribution >= 0.6 is 15.9 Å². The number of halogens is 1. The lowest BCUT2D eigenvalue weighted by molar-refractivity contribution is -0.141. The first-order valence-electron chi connectivity index (χ1n) is 4.96. The van der Waals surface area contributed by atoms with Crippen LogP contribution < -0.4 is 0 Å². The number of hydrogen-bond acceptors (Lipinski definition) is 3. The van der Waals surface area contributed by atoms with Crippen LogP contribution in [0, 0.1) is 0 Å². The second-order valence-corrected chi connectivity index (χ2v) is 4.48. The molecular weight excluding hydrogens is 286 g/mol. The van der Waals surface area contributed by atoms with E-state index >= 15 is 0 Å². The summed E-state index contributed by atoms with van der Waals surface area (Å²) in [6.07, 6.45) is 2.43. The van der Waals surface area contributed by atoms with Gasteiger partial charge in [-0.2, -0.15) is 0 Å². The zero-order valence-corrected chi connectivity index (χ0v) is 10.7. The smallest absolute Gasteiger partial charge is 0.325 e. The lowest BCUT2D eigenvalue weighted by Gasteiger charge is -2.03. The molecule has 1 aromatic carbocycles. The van der Waals surface area contributed by atoms with Crippen LogP contribution in [0.2, 0.25) is 0 Å². The highest BCUT2D eigenvalue weighted by Gasteiger charge is 2.11. The predicted octanol–water partition coefficient (Wildman–Crippen LogP) is 2.39. The highest BCUT2D eigenvalue weighted by atomic mass is 79.9. The molecule has 0 fully saturated rings. The van der Waals surface area contributed by atoms with E-state index in [0.717, 1.165) is 21.7 Å². The van der Waals surface area contributed by atoms with Crippen molar-refractivity contribution in [3.63, 3.8) is 0 Å². The van der Waals surface area contributed by atoms with Gasteiger partial charge in [0.2, 0.25) is 0 Å². The van der Waals surface area contributed by atoms with E-state index in [-0.39, 0.29) is 12.5 Å². The Morgan fingerprint density at radius 1 is 1.53 bits per heavy atom. The fraction of sp³-hybridized carbons (Fsp3) is 0.167. The van der Waals surface area contributed by atoms with Crippen molar-refractivity contribution in [2.45, 2.75) is 6.54 Å². The van der Waals surface area contributed by atoms with Crippen molar-refractivity contribution < 1.29 is 14.3 Å². The van der Waals surface area contributed by atoms with Crippen molar-refractivity contribution in [3.8, 4) is 0 Å². The van der Waals surface area contributed by atoms with Gasteiger partial charge in [-0.15, -0.1) is 0 Å². The van der Waals surface area contributed by atoms with E-state index in [1.54, 1.807) is 10.8 Å². The summed E-state index contributed by atoms with van der Waals surface area (Å²) in [7, 11) is 1.34. The largest absolute Gasteiger partial charge is 0.468 e. The molecule has 0 unspecified atom stereocenters. The number of ether oxygens (including phenoxy) is 1. The molecule has 0 aliphatic rings. The molecule has 0 spiro atoms. The molecule has 88 valence electrons. The SMILES string of the molecule is COC(=O)Cn1cc(C=O)c2cc(Br)ccc21. The summed E-state index contributed by atoms with van der Waals surface area (Å²) in [5.74, 6) is -0.345. The second-order valence-electron chi connectivity index (χ2n) is 3.57. The first kappa shape index (κ1) is 11.9. The maximum Gasteiger partial charge on any atom is 0.325 e. The molecule has 0 saturated heterocycles. The molecule has 2 rings (SSSR count). The van der Waals surface area contributed by atoms with Gasteiger partial charge in [0.15, 0.2) is 6.29 Å². The number of aromatic nitrogens is 1. The number of rotatable bonds is 3. The summed E-state index contributed by atoms with van der Waals surface area (Å²) in [6.45, 7) is 0.0997. The minimum atomic E-state index is -0.345. The van der Waals surface area contributed by atoms with E-state index in [4.69, 9.17) is 0 Å². The summed E-state index contributed by atoms with van der Waals surface area (Å²) in [4.78, 5) is 22.2. The summed E-state index contributed by atoms with van der Waals surface area (Å²) in [5.41, 5.74) is 1.39. The Labute approximate surface area is 106 Å². The molecule has 0 atom stereocenters. The van der Waals surface area contributed by atoms with Crippen LogP contribution in [0.4, 0.5) is 0 Å². The summed E-state index contributed by atoms with van der Waals surface area (Å²) >= 11 is 3.35. The minimum absolute atomic E-state index is 0.0997. The molecule has 4 nitrogen and oxygen atoms in total. The number of esters is 1. The number of fused-ring (bicyclic) bond motifs is 1. The fourth-order valence-electron chi connectivity index (χ4n) is 1.73. The predicted molar refractivity (Wildman–Crippen MR) is 67.0 cm³/mol. The molecule has 0 bridgehead atoms. The number of carbonyl (C=O) groups excluding carboxylic acids is 2. The van der Waals surface area contributed by atoms with Crippen LogP contribution in [0.25, 0.3) is 10.9 Å². The number of carbonyl (C=O) groups is 2. The molecule has 17 heavy (non-hydrogen) atoms. The van der Waals surface area contributed by atoms with Crippen molar-refractivity contribution >= 4 is 39.1 Å². The van der Waals surface area contributed by atoms with Crippen molar-refractivity contribution in [2.75, 3.05) is 7.11 Å². The maximum absolute atomic E-state index is 11.2. The van der Waals surface area contributed by atoms with Crippen LogP contribution in [0.5, 0.6) is 0 Å². The summed E-state index contributed by atoms with van der Waals surface area (Å²) in [5, 5.41) is 0.818. The molecule has 0 amide bonds. The Morgan fingerprint density at radius 3 is 2.94 bits per heavy atom. The molecule has 0 saturated carbocycles. The molecule has 0 aliphatic carbocycles. The first-order valence-corrected chi connectivity index (χ1v) is 5.75. The van der Waals surface area contributed by atoms with Gasteiger partial charge in [-0.05, 0) is 18.2 Å². The monoisotopic (exact) mass is 295 g/mol. The van der Waals surface area contributed by atoms with Gasteiger partial charge >= 0.3 is 5.97 Å². The van der Waals surface area contributed by atoms with E-state index < -0.39 is 0 Å². The maximum atomic E-state index is 11.2. The Kier molecular flexibility index (Phi) is 3.28. The van der Waals surface area contributed by atoms with Gasteiger partial charge in [-0.3, -0.25) is 9.59 Å². The van der Waals surface area contributed by atoms with Gasteiger partial charge < -0.3 is 9.30 Å². The number of nitrogens with zero attached hydrogens (tertiary/aromatic N) is 1. The highest BCUT2D eigenvalue weighted by molar-refractivity contribution is 9.10. The molecule has 2 aromatic rings. The topological polar surface area (TPSA) is 48.3 Å². The Morgan fingerprint density at radius 2 is 2.29 bits per heavy atom. The van der Waals surface area contributed by atoms with Gasteiger partial charge in [-0.1, -0.05) is 15.9 Å². The van der Waals surface area contributed by atoms with Crippen molar-refractivity contribution in [2.24, 2.45) is 0 Å². The Bertz CT molecular complexity index is 589. The molecule has 0 aliphatic heterocycles. The van der Waals surface area contributed by atoms with Crippen LogP contribution in [0.3, 0.4) is 0 Å². The van der Waals surface area contributed by atoms with Crippen molar-refractivity contribution in [3.05, 3.63) is 34.4 Å². The van der Waals surface area contributed by atoms with Crippen LogP contribution in [0.15, 0.2) is 28.9 Å². The van der Waals surface area contributed by atoms with E-state index in [9.17, 15) is 9.59 Å². The normalized spacial score (nSPS) is 10.5. The van der Waals surface area contributed by atoms with Gasteiger partial charge in [0, 0.05) is 27.1 Å². The van der Waals surface area contributed by atoms with E-state index in [1.807, 2.05) is 18.2 Å². The zero-order chi connectivity index (χ0) is 12.4. The minimum Gasteiger partial charge on any atom is -0.468 e. The number of hydrogen-bond donors (Lipinski definition) is 0. The zero-order valence-electron chi connectivity index (χ0n) is 9.14. The molecular formula is C12H10BrNO3. The first-order chi connectivity index (χ1) is 8.15. The quantitative estimate of drug-likeness (QED) is 0.645. The van der Waals surface area contributed by atoms with Gasteiger partial charge in [0.05, 0.1) is 7.11 Å². The van der Waals surface area contributed by atoms with Gasteiger partial charge in [0.25, 0.3) is 0 Å². The average Bonchev–Trinajstić information content (AvgIpc) is 2.66. The number of benzene rings is 1. The lowest BCUT2D eigenvalue weighted by atomic mass is 10.2. The number of aldehydes is 1. The van der Waals surface area contributed by atoms with Crippen LogP contribution in [-0.2, 0) is 16.1 Å². The second kappa shape index (κ2) is 4.71.